The Bertz CT molecular complexity index is 1460. The Balaban J connectivity index is 1.37. The van der Waals surface area contributed by atoms with Crippen molar-refractivity contribution in [2.24, 2.45) is 0 Å². The Hall–Kier alpha value is -3.69. The van der Waals surface area contributed by atoms with Gasteiger partial charge in [-0.2, -0.15) is 13.2 Å². The number of Topliss-reactive ketones (excluding diaryl/α,β-unsaturated/α-hetero) is 1. The maximum absolute atomic E-state index is 13.3. The summed E-state index contributed by atoms with van der Waals surface area (Å²) in [6.07, 6.45) is -2.48. The number of benzene rings is 2. The molecule has 37 heavy (non-hydrogen) atoms. The summed E-state index contributed by atoms with van der Waals surface area (Å²) in [4.78, 5) is 34.2. The first kappa shape index (κ1) is 25.0. The van der Waals surface area contributed by atoms with Crippen LogP contribution in [-0.4, -0.2) is 57.2 Å². The number of fused-ring (bicyclic) bond motifs is 1. The third-order valence-corrected chi connectivity index (χ3v) is 6.71. The Morgan fingerprint density at radius 3 is 2.30 bits per heavy atom. The normalized spacial score (nSPS) is 14.8. The third-order valence-electron chi connectivity index (χ3n) is 6.44. The molecule has 2 aromatic carbocycles. The van der Waals surface area contributed by atoms with Gasteiger partial charge in [-0.15, -0.1) is 0 Å². The maximum atomic E-state index is 13.3. The lowest BCUT2D eigenvalue weighted by atomic mass is 10.1. The molecule has 2 aromatic heterocycles. The molecule has 0 N–H and O–H groups in total. The minimum Gasteiger partial charge on any atom is -0.333 e. The standard InChI is InChI=1S/C27H22ClF3N4O2/c28-22-14-19(27(29,30)31)15-32-25(22)35-17-21(20-8-4-5-9-23(20)35)24(36)26(37)34-12-10-33(11-13-34)16-18-6-2-1-3-7-18/h1-9,14-15,17H,10-13,16H2. The first-order valence-corrected chi connectivity index (χ1v) is 12.0. The summed E-state index contributed by atoms with van der Waals surface area (Å²) < 4.78 is 40.6. The molecule has 0 spiro atoms. The number of carbonyl (C=O) groups excluding carboxylic acids is 2. The van der Waals surface area contributed by atoms with Crippen molar-refractivity contribution in [3.05, 3.63) is 94.8 Å². The third kappa shape index (κ3) is 5.10. The number of ketones is 1. The van der Waals surface area contributed by atoms with Crippen molar-refractivity contribution < 1.29 is 22.8 Å². The molecule has 10 heteroatoms. The highest BCUT2D eigenvalue weighted by molar-refractivity contribution is 6.45. The van der Waals surface area contributed by atoms with Gasteiger partial charge in [-0.05, 0) is 17.7 Å². The molecule has 0 atom stereocenters. The summed E-state index contributed by atoms with van der Waals surface area (Å²) in [5.74, 6) is -1.27. The molecular weight excluding hydrogens is 505 g/mol. The van der Waals surface area contributed by atoms with E-state index in [0.717, 1.165) is 12.6 Å². The van der Waals surface area contributed by atoms with Crippen LogP contribution in [0.15, 0.2) is 73.1 Å². The predicted molar refractivity (Wildman–Crippen MR) is 134 cm³/mol. The Morgan fingerprint density at radius 1 is 0.946 bits per heavy atom. The minimum atomic E-state index is -4.59. The van der Waals surface area contributed by atoms with Gasteiger partial charge in [0.15, 0.2) is 5.82 Å². The predicted octanol–water partition coefficient (Wildman–Crippen LogP) is 5.22. The zero-order valence-electron chi connectivity index (χ0n) is 19.6. The SMILES string of the molecule is O=C(C(=O)N1CCN(Cc2ccccc2)CC1)c1cn(-c2ncc(C(F)(F)F)cc2Cl)c2ccccc12. The maximum Gasteiger partial charge on any atom is 0.417 e. The van der Waals surface area contributed by atoms with E-state index in [1.165, 1.54) is 16.3 Å². The minimum absolute atomic E-state index is 0.0342. The molecule has 190 valence electrons. The van der Waals surface area contributed by atoms with E-state index >= 15 is 0 Å². The van der Waals surface area contributed by atoms with Crippen LogP contribution >= 0.6 is 11.6 Å². The number of halogens is 4. The van der Waals surface area contributed by atoms with Gasteiger partial charge in [0.1, 0.15) is 0 Å². The second-order valence-corrected chi connectivity index (χ2v) is 9.25. The van der Waals surface area contributed by atoms with E-state index in [0.29, 0.717) is 43.3 Å². The zero-order valence-corrected chi connectivity index (χ0v) is 20.3. The lowest BCUT2D eigenvalue weighted by Gasteiger charge is -2.34. The molecule has 1 aliphatic heterocycles. The molecule has 0 unspecified atom stereocenters. The summed E-state index contributed by atoms with van der Waals surface area (Å²) in [6.45, 7) is 2.89. The summed E-state index contributed by atoms with van der Waals surface area (Å²) in [5, 5.41) is 0.261. The van der Waals surface area contributed by atoms with Crippen molar-refractivity contribution in [3.8, 4) is 5.82 Å². The van der Waals surface area contributed by atoms with Gasteiger partial charge in [-0.25, -0.2) is 4.98 Å². The summed E-state index contributed by atoms with van der Waals surface area (Å²) in [6, 6.07) is 17.6. The molecule has 4 aromatic rings. The highest BCUT2D eigenvalue weighted by atomic mass is 35.5. The van der Waals surface area contributed by atoms with Crippen molar-refractivity contribution >= 4 is 34.2 Å². The topological polar surface area (TPSA) is 58.4 Å². The first-order valence-electron chi connectivity index (χ1n) is 11.7. The summed E-state index contributed by atoms with van der Waals surface area (Å²) >= 11 is 6.17. The van der Waals surface area contributed by atoms with Gasteiger partial charge in [0.25, 0.3) is 11.7 Å². The van der Waals surface area contributed by atoms with Gasteiger partial charge < -0.3 is 4.90 Å². The van der Waals surface area contributed by atoms with Crippen LogP contribution in [0.2, 0.25) is 5.02 Å². The van der Waals surface area contributed by atoms with Crippen LogP contribution in [0.25, 0.3) is 16.7 Å². The summed E-state index contributed by atoms with van der Waals surface area (Å²) in [5.41, 5.74) is 0.850. The van der Waals surface area contributed by atoms with Crippen LogP contribution in [-0.2, 0) is 17.5 Å². The van der Waals surface area contributed by atoms with Gasteiger partial charge in [0.05, 0.1) is 21.7 Å². The average Bonchev–Trinajstić information content (AvgIpc) is 3.28. The van der Waals surface area contributed by atoms with Crippen LogP contribution < -0.4 is 0 Å². The van der Waals surface area contributed by atoms with Crippen molar-refractivity contribution in [2.45, 2.75) is 12.7 Å². The molecule has 6 nitrogen and oxygen atoms in total. The second-order valence-electron chi connectivity index (χ2n) is 8.84. The molecule has 5 rings (SSSR count). The Labute approximate surface area is 215 Å². The largest absolute Gasteiger partial charge is 0.417 e. The highest BCUT2D eigenvalue weighted by Crippen LogP contribution is 2.34. The van der Waals surface area contributed by atoms with Crippen LogP contribution in [0.4, 0.5) is 13.2 Å². The van der Waals surface area contributed by atoms with Crippen LogP contribution in [0.5, 0.6) is 0 Å². The van der Waals surface area contributed by atoms with Gasteiger partial charge in [-0.1, -0.05) is 60.1 Å². The molecule has 1 amide bonds. The van der Waals surface area contributed by atoms with Gasteiger partial charge in [0.2, 0.25) is 0 Å². The van der Waals surface area contributed by atoms with Crippen molar-refractivity contribution in [3.63, 3.8) is 0 Å². The zero-order chi connectivity index (χ0) is 26.2. The quantitative estimate of drug-likeness (QED) is 0.264. The molecule has 0 bridgehead atoms. The molecule has 1 aliphatic rings. The van der Waals surface area contributed by atoms with E-state index < -0.39 is 23.4 Å². The Kier molecular flexibility index (Phi) is 6.74. The number of piperazine rings is 1. The fraction of sp³-hybridized carbons (Fsp3) is 0.222. The van der Waals surface area contributed by atoms with Crippen LogP contribution in [0.3, 0.4) is 0 Å². The van der Waals surface area contributed by atoms with E-state index in [4.69, 9.17) is 11.6 Å². The van der Waals surface area contributed by atoms with E-state index in [9.17, 15) is 22.8 Å². The molecule has 0 aliphatic carbocycles. The molecular formula is C27H22ClF3N4O2. The van der Waals surface area contributed by atoms with E-state index in [1.54, 1.807) is 29.2 Å². The monoisotopic (exact) mass is 526 g/mol. The number of para-hydroxylation sites is 1. The molecule has 0 radical (unpaired) electrons. The average molecular weight is 527 g/mol. The fourth-order valence-corrected chi connectivity index (χ4v) is 4.77. The number of carbonyl (C=O) groups is 2. The Morgan fingerprint density at radius 2 is 1.62 bits per heavy atom. The van der Waals surface area contributed by atoms with E-state index in [1.807, 2.05) is 18.2 Å². The smallest absolute Gasteiger partial charge is 0.333 e. The molecule has 0 saturated carbocycles. The van der Waals surface area contributed by atoms with Crippen LogP contribution in [0.1, 0.15) is 21.5 Å². The highest BCUT2D eigenvalue weighted by Gasteiger charge is 2.33. The second kappa shape index (κ2) is 9.99. The number of amides is 1. The lowest BCUT2D eigenvalue weighted by molar-refractivity contribution is -0.137. The number of aromatic nitrogens is 2. The van der Waals surface area contributed by atoms with Gasteiger partial charge in [-0.3, -0.25) is 19.1 Å². The number of hydrogen-bond donors (Lipinski definition) is 0. The van der Waals surface area contributed by atoms with Crippen molar-refractivity contribution in [2.75, 3.05) is 26.2 Å². The molecule has 1 fully saturated rings. The van der Waals surface area contributed by atoms with Crippen molar-refractivity contribution in [1.29, 1.82) is 0 Å². The van der Waals surface area contributed by atoms with Crippen LogP contribution in [0, 0.1) is 0 Å². The molecule has 3 heterocycles. The summed E-state index contributed by atoms with van der Waals surface area (Å²) in [7, 11) is 0. The first-order chi connectivity index (χ1) is 17.7. The lowest BCUT2D eigenvalue weighted by Crippen LogP contribution is -2.50. The van der Waals surface area contributed by atoms with Gasteiger partial charge in [0, 0.05) is 50.5 Å². The van der Waals surface area contributed by atoms with E-state index in [-0.39, 0.29) is 16.4 Å². The number of nitrogens with zero attached hydrogens (tertiary/aromatic N) is 4. The number of hydrogen-bond acceptors (Lipinski definition) is 4. The number of rotatable bonds is 5. The molecule has 1 saturated heterocycles. The number of alkyl halides is 3. The van der Waals surface area contributed by atoms with E-state index in [2.05, 4.69) is 22.0 Å². The van der Waals surface area contributed by atoms with Gasteiger partial charge >= 0.3 is 6.18 Å². The fourth-order valence-electron chi connectivity index (χ4n) is 4.51. The van der Waals surface area contributed by atoms with Crippen molar-refractivity contribution in [1.82, 2.24) is 19.4 Å². The number of pyridine rings is 1.